The van der Waals surface area contributed by atoms with Crippen LogP contribution in [0.4, 0.5) is 0 Å². The average molecular weight is 2040 g/mol. The van der Waals surface area contributed by atoms with Gasteiger partial charge in [-0.25, -0.2) is 0 Å². The number of fused-ring (bicyclic) bond motifs is 6. The number of hydrogen-bond acceptors (Lipinski definition) is 24. The zero-order chi connectivity index (χ0) is 104. The molecule has 0 aromatic heterocycles. The number of nitrogens with one attached hydrogen (secondary N) is 2. The summed E-state index contributed by atoms with van der Waals surface area (Å²) in [5.74, 6) is -9.74. The molecule has 3 amide bonds. The van der Waals surface area contributed by atoms with Crippen LogP contribution in [0.25, 0.3) is 5.32 Å². The Balaban J connectivity index is 0.0000133. The van der Waals surface area contributed by atoms with E-state index in [9.17, 15) is 36.9 Å². The smallest absolute Gasteiger partial charge is 0.680 e. The van der Waals surface area contributed by atoms with Crippen molar-refractivity contribution in [3.8, 4) is 0 Å². The van der Waals surface area contributed by atoms with Gasteiger partial charge in [-0.15, -0.1) is 0 Å². The van der Waals surface area contributed by atoms with Gasteiger partial charge >= 0.3 is 58.6 Å². The summed E-state index contributed by atoms with van der Waals surface area (Å²) in [5, 5.41) is 25.0. The van der Waals surface area contributed by atoms with Crippen molar-refractivity contribution in [3.63, 3.8) is 0 Å². The third-order valence-corrected chi connectivity index (χ3v) is 29.8. The van der Waals surface area contributed by atoms with Crippen LogP contribution in [0.15, 0.2) is 48.9 Å². The molecule has 0 spiro atoms. The van der Waals surface area contributed by atoms with E-state index in [0.29, 0.717) is 99.1 Å². The Kier molecular flexibility index (Phi) is 64.2. The normalized spacial score (nSPS) is 22.7. The quantitative estimate of drug-likeness (QED) is 0.0167. The molecule has 0 unspecified atom stereocenters. The number of carbonyl (C=O) groups excluding carboxylic acids is 10. The number of nitrogens with zero attached hydrogens (tertiary/aromatic N) is 7. The number of hydrogen-bond donors (Lipinski definition) is 3. The number of aliphatic imine (C=N–C) groups is 3. The maximum absolute atomic E-state index is 16.8. The van der Waals surface area contributed by atoms with Gasteiger partial charge in [0.05, 0.1) is 94.8 Å². The van der Waals surface area contributed by atoms with E-state index < -0.39 is 145 Å². The third-order valence-electron chi connectivity index (χ3n) is 29.0. The van der Waals surface area contributed by atoms with Crippen molar-refractivity contribution in [2.24, 2.45) is 60.3 Å². The van der Waals surface area contributed by atoms with Gasteiger partial charge in [0.15, 0.2) is 0 Å². The molecule has 0 aromatic carbocycles. The van der Waals surface area contributed by atoms with E-state index in [2.05, 4.69) is 24.5 Å². The van der Waals surface area contributed by atoms with Crippen LogP contribution in [-0.2, 0) is 108 Å². The Morgan fingerprint density at radius 2 is 0.801 bits per heavy atom. The summed E-state index contributed by atoms with van der Waals surface area (Å²) >= 11 is 0. The molecule has 1 saturated heterocycles. The van der Waals surface area contributed by atoms with Gasteiger partial charge in [-0.05, 0) is 133 Å². The molecule has 0 aromatic rings. The Bertz CT molecular complexity index is 4160. The van der Waals surface area contributed by atoms with Crippen LogP contribution < -0.4 is 10.6 Å². The summed E-state index contributed by atoms with van der Waals surface area (Å²) in [4.78, 5) is 171. The second-order valence-electron chi connectivity index (χ2n) is 40.8. The molecule has 802 valence electrons. The topological polar surface area (TPSA) is 416 Å². The number of ether oxygens (including phenoxy) is 7. The molecule has 31 heteroatoms. The van der Waals surface area contributed by atoms with Crippen molar-refractivity contribution < 1.29 is 111 Å². The summed E-state index contributed by atoms with van der Waals surface area (Å²) < 4.78 is 75.4. The van der Waals surface area contributed by atoms with Gasteiger partial charge in [-0.3, -0.25) is 67.5 Å². The van der Waals surface area contributed by atoms with E-state index in [1.165, 1.54) is 103 Å². The molecule has 8 bridgehead atoms. The van der Waals surface area contributed by atoms with E-state index in [1.54, 1.807) is 4.90 Å². The van der Waals surface area contributed by atoms with Gasteiger partial charge in [0.2, 0.25) is 17.7 Å². The molecule has 10 atom stereocenters. The fraction of sp³-hybridized carbons (Fsp3) is 0.809. The Morgan fingerprint density at radius 3 is 1.23 bits per heavy atom. The van der Waals surface area contributed by atoms with Gasteiger partial charge in [0.25, 0.3) is 10.1 Å². The fourth-order valence-electron chi connectivity index (χ4n) is 21.0. The molecule has 29 nitrogen and oxygen atoms in total. The molecule has 5 aliphatic heterocycles. The first-order valence-corrected chi connectivity index (χ1v) is 55.6. The summed E-state index contributed by atoms with van der Waals surface area (Å²) in [6.45, 7) is 44.0. The Labute approximate surface area is 859 Å². The molecule has 5 heterocycles. The molecule has 0 aliphatic carbocycles. The second-order valence-corrected chi connectivity index (χ2v) is 42.4. The zero-order valence-corrected chi connectivity index (χ0v) is 91.5. The molecule has 5 aliphatic rings. The molecule has 3 N–H and O–H groups in total. The summed E-state index contributed by atoms with van der Waals surface area (Å²) in [7, 11) is -4.31. The summed E-state index contributed by atoms with van der Waals surface area (Å²) in [5.41, 5.74) is -4.34. The molecule has 5 rings (SSSR count). The van der Waals surface area contributed by atoms with Gasteiger partial charge < -0.3 is 77.7 Å². The van der Waals surface area contributed by atoms with Crippen molar-refractivity contribution >= 4 is 86.8 Å². The molecule has 0 saturated carbocycles. The molecular formula is C110H182CoN9O20S. The predicted octanol–water partition coefficient (Wildman–Crippen LogP) is 23.5. The first-order chi connectivity index (χ1) is 67.0. The zero-order valence-electron chi connectivity index (χ0n) is 89.7. The van der Waals surface area contributed by atoms with Crippen molar-refractivity contribution in [1.29, 1.82) is 10.5 Å². The van der Waals surface area contributed by atoms with E-state index in [1.807, 2.05) is 104 Å². The average Bonchev–Trinajstić information content (AvgIpc) is 1.52. The van der Waals surface area contributed by atoms with Crippen LogP contribution in [0.1, 0.15) is 445 Å². The van der Waals surface area contributed by atoms with Crippen molar-refractivity contribution in [3.05, 3.63) is 52.4 Å². The van der Waals surface area contributed by atoms with Crippen LogP contribution in [-0.4, -0.2) is 177 Å². The predicted molar refractivity (Wildman–Crippen MR) is 549 cm³/mol. The first-order valence-electron chi connectivity index (χ1n) is 54.0. The number of unbranched alkanes of at least 4 members (excludes halogenated alkanes) is 28. The van der Waals surface area contributed by atoms with Crippen molar-refractivity contribution in [2.45, 2.75) is 463 Å². The summed E-state index contributed by atoms with van der Waals surface area (Å²) in [6, 6.07) is -2.58. The van der Waals surface area contributed by atoms with E-state index in [4.69, 9.17) is 77.1 Å². The molecule has 0 radical (unpaired) electrons. The molecule has 141 heavy (non-hydrogen) atoms. The fourth-order valence-corrected chi connectivity index (χ4v) is 21.5. The number of esters is 7. The minimum Gasteiger partial charge on any atom is -0.680 e. The van der Waals surface area contributed by atoms with Crippen molar-refractivity contribution in [1.82, 2.24) is 15.5 Å². The maximum Gasteiger partial charge on any atom is 3.00 e. The van der Waals surface area contributed by atoms with Gasteiger partial charge in [0.1, 0.15) is 6.04 Å². The largest absolute Gasteiger partial charge is 3.00 e. The van der Waals surface area contributed by atoms with Gasteiger partial charge in [-0.1, -0.05) is 283 Å². The minimum atomic E-state index is -4.31. The molecule has 1 fully saturated rings. The van der Waals surface area contributed by atoms with Crippen molar-refractivity contribution in [2.75, 3.05) is 65.1 Å². The van der Waals surface area contributed by atoms with Crippen LogP contribution >= 0.6 is 0 Å². The van der Waals surface area contributed by atoms with E-state index >= 15 is 24.0 Å². The number of carbonyl (C=O) groups is 10. The van der Waals surface area contributed by atoms with Gasteiger partial charge in [0, 0.05) is 102 Å². The minimum absolute atomic E-state index is 0. The van der Waals surface area contributed by atoms with E-state index in [0.717, 1.165) is 64.2 Å². The van der Waals surface area contributed by atoms with Crippen LogP contribution in [0, 0.1) is 69.0 Å². The second kappa shape index (κ2) is 70.0. The van der Waals surface area contributed by atoms with Crippen LogP contribution in [0.3, 0.4) is 0 Å². The number of allylic oxidation sites excluding steroid dienone is 6. The monoisotopic (exact) mass is 2040 g/mol. The van der Waals surface area contributed by atoms with E-state index in [-0.39, 0.29) is 182 Å². The van der Waals surface area contributed by atoms with Gasteiger partial charge in [-0.2, -0.15) is 14.1 Å². The standard InChI is InChI=1S/C108H183N7O20S.2CN.Co/c1-18-27-29-31-33-35-37-39-41-43-45-47-49-53-65-115(66-54-50-48-46-44-42-40-38-36-34-32-30-28-19-2)103(125)85(109-86(116)56-52-51-55-74-136(126,127)128)76-87(117)110-98-97-82(58-61-89(119)130-68-21-4)106(15,77-93(123)134-72-25-8)100(112-97)80(11)96-83(59-62-90(120)131-69-22-5)107(16,78-94(124)135-73-26-9)108(17,114-96)101-84(75-92(122)133-71-24-7)105(14,64-63-91(121)132-70-23-6)99(113-101)79(10)95-81(104(12,13)102(98)111-95)57-60-88(118)129-67-20-3;2*1-2;/h81-85,101H,18-78H2,1-17H3,(H4,109,110,111,112,113,114,116,117,126,127,128);;;/q;2*-1;+3/p-1/t81-,82-,83-,84+,85+,101-,105-,106+,107+,108+;;;/m1.../s1. The summed E-state index contributed by atoms with van der Waals surface area (Å²) in [6.07, 6.45) is 33.5. The van der Waals surface area contributed by atoms with Crippen LogP contribution in [0.5, 0.6) is 0 Å². The Morgan fingerprint density at radius 1 is 0.426 bits per heavy atom. The molecular weight excluding hydrogens is 1860 g/mol. The first kappa shape index (κ1) is 129. The number of amides is 3. The van der Waals surface area contributed by atoms with Crippen LogP contribution in [0.2, 0.25) is 0 Å². The third kappa shape index (κ3) is 42.2. The Hall–Kier alpha value is -7.87. The maximum atomic E-state index is 16.8. The number of rotatable bonds is 73. The SMILES string of the molecule is CCCCCCCCCCCCCCCCN(CCCCCCCCCCCCCCCC)C(=O)[C@H](CC(=O)N/C1=C2N=C(/C(C)=C3\[N-][C@@](C)([C@@H]4N=C(/C(C)=C5N=C1C(C)(C)[C@@H]\5CCC(=O)OCCC)[C@](C)(CCC(=O)OCCC)[C@H]4CC(=O)OCCC)[C@@](C)(CC(=O)OCCC)[C@@H]3CCC(=O)OCCC)[C@@](C)(CC(=O)OCCC)[C@@H]/2CCC(=O)OCCC)NC(=O)CCCCCS(=O)(=O)O.[C-]#N.[C-]#N.[Co+3].